The largest absolute Gasteiger partial charge is 0.325 e. The van der Waals surface area contributed by atoms with Crippen LogP contribution in [0.4, 0.5) is 10.5 Å². The molecule has 2 aromatic rings. The number of anilines is 1. The van der Waals surface area contributed by atoms with Crippen molar-refractivity contribution in [1.82, 2.24) is 10.2 Å². The van der Waals surface area contributed by atoms with Crippen molar-refractivity contribution in [3.63, 3.8) is 0 Å². The number of nitrogens with zero attached hydrogens (tertiary/aromatic N) is 1. The average molecular weight is 400 g/mol. The summed E-state index contributed by atoms with van der Waals surface area (Å²) in [5.74, 6) is -0.580. The fourth-order valence-corrected chi connectivity index (χ4v) is 3.34. The summed E-state index contributed by atoms with van der Waals surface area (Å²) in [6, 6.07) is 13.6. The number of benzene rings is 2. The molecule has 1 fully saturated rings. The number of imide groups is 1. The third-order valence-corrected chi connectivity index (χ3v) is 5.07. The van der Waals surface area contributed by atoms with Crippen LogP contribution in [-0.2, 0) is 15.1 Å². The molecule has 146 valence electrons. The number of carbonyl (C=O) groups excluding carboxylic acids is 3. The third kappa shape index (κ3) is 3.87. The molecule has 28 heavy (non-hydrogen) atoms. The molecule has 0 bridgehead atoms. The maximum absolute atomic E-state index is 12.9. The highest BCUT2D eigenvalue weighted by atomic mass is 35.5. The first-order valence-corrected chi connectivity index (χ1v) is 9.38. The standard InChI is InChI=1S/C21H22ClN3O3/c1-13(2)14-7-9-15(10-8-14)21(3)19(27)25(20(28)24-21)12-18(26)23-17-6-4-5-16(22)11-17/h4-11,13H,12H2,1-3H3,(H,23,26)(H,24,28)/t21-/m1/s1. The average Bonchev–Trinajstić information content (AvgIpc) is 2.86. The number of amides is 4. The lowest BCUT2D eigenvalue weighted by Gasteiger charge is -2.22. The molecule has 1 aliphatic heterocycles. The van der Waals surface area contributed by atoms with Crippen LogP contribution < -0.4 is 10.6 Å². The van der Waals surface area contributed by atoms with E-state index in [1.807, 2.05) is 24.3 Å². The fraction of sp³-hybridized carbons (Fsp3) is 0.286. The van der Waals surface area contributed by atoms with Gasteiger partial charge >= 0.3 is 6.03 Å². The van der Waals surface area contributed by atoms with Crippen LogP contribution in [0.3, 0.4) is 0 Å². The van der Waals surface area contributed by atoms with Gasteiger partial charge in [0, 0.05) is 10.7 Å². The van der Waals surface area contributed by atoms with Gasteiger partial charge in [-0.25, -0.2) is 4.79 Å². The van der Waals surface area contributed by atoms with Crippen molar-refractivity contribution in [3.8, 4) is 0 Å². The highest BCUT2D eigenvalue weighted by Gasteiger charge is 2.49. The van der Waals surface area contributed by atoms with Crippen LogP contribution in [0, 0.1) is 0 Å². The van der Waals surface area contributed by atoms with E-state index >= 15 is 0 Å². The zero-order chi connectivity index (χ0) is 20.5. The van der Waals surface area contributed by atoms with E-state index in [1.165, 1.54) is 0 Å². The van der Waals surface area contributed by atoms with E-state index in [9.17, 15) is 14.4 Å². The van der Waals surface area contributed by atoms with Gasteiger partial charge in [0.05, 0.1) is 0 Å². The van der Waals surface area contributed by atoms with E-state index in [0.29, 0.717) is 22.2 Å². The molecule has 1 saturated heterocycles. The fourth-order valence-electron chi connectivity index (χ4n) is 3.15. The van der Waals surface area contributed by atoms with Crippen LogP contribution in [-0.4, -0.2) is 29.3 Å². The van der Waals surface area contributed by atoms with Crippen molar-refractivity contribution in [1.29, 1.82) is 0 Å². The Kier molecular flexibility index (Phi) is 5.42. The summed E-state index contributed by atoms with van der Waals surface area (Å²) < 4.78 is 0. The minimum Gasteiger partial charge on any atom is -0.324 e. The van der Waals surface area contributed by atoms with Gasteiger partial charge in [-0.3, -0.25) is 14.5 Å². The maximum atomic E-state index is 12.9. The lowest BCUT2D eigenvalue weighted by atomic mass is 9.90. The summed E-state index contributed by atoms with van der Waals surface area (Å²) >= 11 is 5.90. The van der Waals surface area contributed by atoms with Crippen molar-refractivity contribution in [2.75, 3.05) is 11.9 Å². The van der Waals surface area contributed by atoms with E-state index in [-0.39, 0.29) is 6.54 Å². The number of urea groups is 1. The van der Waals surface area contributed by atoms with Crippen LogP contribution >= 0.6 is 11.6 Å². The zero-order valence-electron chi connectivity index (χ0n) is 16.0. The summed E-state index contributed by atoms with van der Waals surface area (Å²) in [5, 5.41) is 5.83. The normalized spacial score (nSPS) is 19.1. The van der Waals surface area contributed by atoms with Crippen molar-refractivity contribution in [2.45, 2.75) is 32.2 Å². The molecular weight excluding hydrogens is 378 g/mol. The lowest BCUT2D eigenvalue weighted by molar-refractivity contribution is -0.133. The van der Waals surface area contributed by atoms with Gasteiger partial charge in [-0.15, -0.1) is 0 Å². The molecule has 0 aromatic heterocycles. The molecule has 0 saturated carbocycles. The molecule has 0 spiro atoms. The number of hydrogen-bond acceptors (Lipinski definition) is 3. The molecule has 4 amide bonds. The molecule has 0 unspecified atom stereocenters. The summed E-state index contributed by atoms with van der Waals surface area (Å²) in [7, 11) is 0. The predicted octanol–water partition coefficient (Wildman–Crippen LogP) is 3.87. The smallest absolute Gasteiger partial charge is 0.324 e. The van der Waals surface area contributed by atoms with Crippen molar-refractivity contribution < 1.29 is 14.4 Å². The molecular formula is C21H22ClN3O3. The molecule has 0 radical (unpaired) electrons. The summed E-state index contributed by atoms with van der Waals surface area (Å²) in [5.41, 5.74) is 1.11. The minimum absolute atomic E-state index is 0.363. The van der Waals surface area contributed by atoms with Gasteiger partial charge in [0.25, 0.3) is 5.91 Å². The van der Waals surface area contributed by atoms with Gasteiger partial charge in [-0.05, 0) is 42.2 Å². The Hall–Kier alpha value is -2.86. The monoisotopic (exact) mass is 399 g/mol. The molecule has 1 aliphatic rings. The number of carbonyl (C=O) groups is 3. The highest BCUT2D eigenvalue weighted by Crippen LogP contribution is 2.30. The SMILES string of the molecule is CC(C)c1ccc([C@@]2(C)NC(=O)N(CC(=O)Nc3cccc(Cl)c3)C2=O)cc1. The van der Waals surface area contributed by atoms with Gasteiger partial charge < -0.3 is 10.6 Å². The number of rotatable bonds is 5. The summed E-state index contributed by atoms with van der Waals surface area (Å²) in [6.07, 6.45) is 0. The van der Waals surface area contributed by atoms with Crippen LogP contribution in [0.25, 0.3) is 0 Å². The first-order chi connectivity index (χ1) is 13.2. The zero-order valence-corrected chi connectivity index (χ0v) is 16.7. The Morgan fingerprint density at radius 1 is 1.18 bits per heavy atom. The number of nitrogens with one attached hydrogen (secondary N) is 2. The van der Waals surface area contributed by atoms with Crippen LogP contribution in [0.15, 0.2) is 48.5 Å². The molecule has 2 N–H and O–H groups in total. The quantitative estimate of drug-likeness (QED) is 0.749. The number of hydrogen-bond donors (Lipinski definition) is 2. The minimum atomic E-state index is -1.21. The molecule has 7 heteroatoms. The Bertz CT molecular complexity index is 927. The maximum Gasteiger partial charge on any atom is 0.325 e. The van der Waals surface area contributed by atoms with Gasteiger partial charge in [0.2, 0.25) is 5.91 Å². The molecule has 1 atom stereocenters. The van der Waals surface area contributed by atoms with Gasteiger partial charge in [0.1, 0.15) is 12.1 Å². The predicted molar refractivity (Wildman–Crippen MR) is 108 cm³/mol. The Labute approximate surface area is 168 Å². The van der Waals surface area contributed by atoms with Gasteiger partial charge in [-0.1, -0.05) is 55.8 Å². The second-order valence-electron chi connectivity index (χ2n) is 7.28. The molecule has 2 aromatic carbocycles. The first kappa shape index (κ1) is 19.9. The molecule has 6 nitrogen and oxygen atoms in total. The Morgan fingerprint density at radius 3 is 2.46 bits per heavy atom. The topological polar surface area (TPSA) is 78.5 Å². The summed E-state index contributed by atoms with van der Waals surface area (Å²) in [4.78, 5) is 38.6. The van der Waals surface area contributed by atoms with Gasteiger partial charge in [0.15, 0.2) is 0 Å². The third-order valence-electron chi connectivity index (χ3n) is 4.84. The second kappa shape index (κ2) is 7.64. The van der Waals surface area contributed by atoms with Crippen LogP contribution in [0.2, 0.25) is 5.02 Å². The highest BCUT2D eigenvalue weighted by molar-refractivity contribution is 6.30. The molecule has 0 aliphatic carbocycles. The number of halogens is 1. The van der Waals surface area contributed by atoms with Crippen LogP contribution in [0.5, 0.6) is 0 Å². The van der Waals surface area contributed by atoms with E-state index in [2.05, 4.69) is 24.5 Å². The van der Waals surface area contributed by atoms with Gasteiger partial charge in [-0.2, -0.15) is 0 Å². The van der Waals surface area contributed by atoms with Crippen molar-refractivity contribution >= 4 is 35.1 Å². The first-order valence-electron chi connectivity index (χ1n) is 9.00. The summed E-state index contributed by atoms with van der Waals surface area (Å²) in [6.45, 7) is 5.43. The van der Waals surface area contributed by atoms with Crippen LogP contribution in [0.1, 0.15) is 37.8 Å². The van der Waals surface area contributed by atoms with E-state index in [4.69, 9.17) is 11.6 Å². The second-order valence-corrected chi connectivity index (χ2v) is 7.72. The van der Waals surface area contributed by atoms with Crippen molar-refractivity contribution in [2.24, 2.45) is 0 Å². The van der Waals surface area contributed by atoms with E-state index in [0.717, 1.165) is 10.5 Å². The lowest BCUT2D eigenvalue weighted by Crippen LogP contribution is -2.42. The Balaban J connectivity index is 1.74. The van der Waals surface area contributed by atoms with Crippen molar-refractivity contribution in [3.05, 3.63) is 64.7 Å². The Morgan fingerprint density at radius 2 is 1.86 bits per heavy atom. The van der Waals surface area contributed by atoms with E-state index in [1.54, 1.807) is 31.2 Å². The van der Waals surface area contributed by atoms with E-state index < -0.39 is 23.4 Å². The molecule has 3 rings (SSSR count). The molecule has 1 heterocycles.